The lowest BCUT2D eigenvalue weighted by molar-refractivity contribution is -0.145. The zero-order valence-electron chi connectivity index (χ0n) is 16.0. The number of rotatable bonds is 4. The predicted molar refractivity (Wildman–Crippen MR) is 104 cm³/mol. The molecule has 1 amide bonds. The molecule has 2 heterocycles. The molecule has 2 aliphatic heterocycles. The molecule has 2 saturated heterocycles. The number of aromatic carboxylic acids is 1. The van der Waals surface area contributed by atoms with Crippen molar-refractivity contribution in [3.05, 3.63) is 35.4 Å². The van der Waals surface area contributed by atoms with Gasteiger partial charge in [-0.1, -0.05) is 25.0 Å². The minimum absolute atomic E-state index is 0.244. The Hall–Kier alpha value is -1.88. The number of amides is 1. The van der Waals surface area contributed by atoms with Gasteiger partial charge in [-0.15, -0.1) is 0 Å². The highest BCUT2D eigenvalue weighted by molar-refractivity contribution is 5.88. The van der Waals surface area contributed by atoms with Crippen molar-refractivity contribution in [3.63, 3.8) is 0 Å². The van der Waals surface area contributed by atoms with Crippen LogP contribution in [0.25, 0.3) is 0 Å². The van der Waals surface area contributed by atoms with Crippen LogP contribution in [0.15, 0.2) is 24.3 Å². The normalized spacial score (nSPS) is 25.6. The molecule has 5 nitrogen and oxygen atoms in total. The van der Waals surface area contributed by atoms with Crippen LogP contribution in [0.4, 0.5) is 0 Å². The maximum absolute atomic E-state index is 13.6. The molecule has 0 spiro atoms. The number of carbonyl (C=O) groups is 2. The SMILES string of the molecule is O=C(O)c1ccc([C@H]2CCCN(C(=O)C3(N4CCCC4)CCCC3)C2)cc1. The van der Waals surface area contributed by atoms with Gasteiger partial charge in [0, 0.05) is 19.0 Å². The number of carboxylic acid groups (broad SMARTS) is 1. The average Bonchev–Trinajstić information content (AvgIpc) is 3.40. The molecule has 146 valence electrons. The highest BCUT2D eigenvalue weighted by Crippen LogP contribution is 2.40. The van der Waals surface area contributed by atoms with Crippen LogP contribution in [0.3, 0.4) is 0 Å². The molecule has 1 aliphatic carbocycles. The van der Waals surface area contributed by atoms with Crippen molar-refractivity contribution in [2.75, 3.05) is 26.2 Å². The summed E-state index contributed by atoms with van der Waals surface area (Å²) >= 11 is 0. The van der Waals surface area contributed by atoms with Gasteiger partial charge in [0.1, 0.15) is 5.54 Å². The molecular weight excluding hydrogens is 340 g/mol. The Bertz CT molecular complexity index is 688. The molecule has 4 rings (SSSR count). The third-order valence-corrected chi connectivity index (χ3v) is 6.88. The second-order valence-corrected chi connectivity index (χ2v) is 8.45. The van der Waals surface area contributed by atoms with Crippen LogP contribution in [0.1, 0.15) is 73.2 Å². The Kier molecular flexibility index (Phi) is 5.22. The smallest absolute Gasteiger partial charge is 0.335 e. The van der Waals surface area contributed by atoms with Gasteiger partial charge in [0.25, 0.3) is 0 Å². The van der Waals surface area contributed by atoms with E-state index in [1.165, 1.54) is 12.8 Å². The standard InChI is InChI=1S/C22H30N2O3/c25-20(26)18-9-7-17(8-10-18)19-6-5-13-23(16-19)21(27)22(11-1-2-12-22)24-14-3-4-15-24/h7-10,19H,1-6,11-16H2,(H,25,26)/t19-/m0/s1. The molecule has 5 heteroatoms. The lowest BCUT2D eigenvalue weighted by Crippen LogP contribution is -2.58. The van der Waals surface area contributed by atoms with Gasteiger partial charge in [0.15, 0.2) is 0 Å². The number of nitrogens with zero attached hydrogens (tertiary/aromatic N) is 2. The molecule has 27 heavy (non-hydrogen) atoms. The summed E-state index contributed by atoms with van der Waals surface area (Å²) in [6, 6.07) is 7.21. The zero-order chi connectivity index (χ0) is 18.9. The summed E-state index contributed by atoms with van der Waals surface area (Å²) in [5, 5.41) is 9.10. The molecule has 1 aromatic rings. The van der Waals surface area contributed by atoms with Crippen LogP contribution >= 0.6 is 0 Å². The minimum Gasteiger partial charge on any atom is -0.478 e. The fourth-order valence-electron chi connectivity index (χ4n) is 5.40. The number of benzene rings is 1. The van der Waals surface area contributed by atoms with Crippen molar-refractivity contribution >= 4 is 11.9 Å². The van der Waals surface area contributed by atoms with Crippen molar-refractivity contribution in [3.8, 4) is 0 Å². The third kappa shape index (κ3) is 3.49. The van der Waals surface area contributed by atoms with E-state index in [2.05, 4.69) is 9.80 Å². The molecule has 0 bridgehead atoms. The summed E-state index contributed by atoms with van der Waals surface area (Å²) < 4.78 is 0. The minimum atomic E-state index is -0.893. The van der Waals surface area contributed by atoms with Crippen LogP contribution in [0.5, 0.6) is 0 Å². The van der Waals surface area contributed by atoms with E-state index >= 15 is 0 Å². The highest BCUT2D eigenvalue weighted by atomic mass is 16.4. The van der Waals surface area contributed by atoms with Crippen LogP contribution in [-0.4, -0.2) is 58.5 Å². The molecule has 0 aromatic heterocycles. The molecular formula is C22H30N2O3. The number of piperidine rings is 1. The van der Waals surface area contributed by atoms with Gasteiger partial charge < -0.3 is 10.0 Å². The summed E-state index contributed by atoms with van der Waals surface area (Å²) in [5.74, 6) is -0.230. The van der Waals surface area contributed by atoms with Crippen molar-refractivity contribution in [2.45, 2.75) is 62.8 Å². The van der Waals surface area contributed by atoms with E-state index in [1.54, 1.807) is 12.1 Å². The van der Waals surface area contributed by atoms with Gasteiger partial charge >= 0.3 is 5.97 Å². The second-order valence-electron chi connectivity index (χ2n) is 8.45. The van der Waals surface area contributed by atoms with Gasteiger partial charge in [-0.2, -0.15) is 0 Å². The van der Waals surface area contributed by atoms with Gasteiger partial charge in [0.05, 0.1) is 5.56 Å². The van der Waals surface area contributed by atoms with E-state index in [0.717, 1.165) is 70.3 Å². The van der Waals surface area contributed by atoms with Crippen molar-refractivity contribution in [1.82, 2.24) is 9.80 Å². The van der Waals surface area contributed by atoms with Crippen molar-refractivity contribution in [2.24, 2.45) is 0 Å². The maximum atomic E-state index is 13.6. The molecule has 3 fully saturated rings. The molecule has 1 atom stereocenters. The summed E-state index contributed by atoms with van der Waals surface area (Å²) in [7, 11) is 0. The average molecular weight is 370 g/mol. The van der Waals surface area contributed by atoms with Crippen LogP contribution in [-0.2, 0) is 4.79 Å². The van der Waals surface area contributed by atoms with Crippen LogP contribution in [0.2, 0.25) is 0 Å². The highest BCUT2D eigenvalue weighted by Gasteiger charge is 2.49. The third-order valence-electron chi connectivity index (χ3n) is 6.88. The summed E-state index contributed by atoms with van der Waals surface area (Å²) in [6.07, 6.45) is 8.87. The van der Waals surface area contributed by atoms with Crippen molar-refractivity contribution < 1.29 is 14.7 Å². The van der Waals surface area contributed by atoms with Crippen LogP contribution < -0.4 is 0 Å². The van der Waals surface area contributed by atoms with Gasteiger partial charge in [0.2, 0.25) is 5.91 Å². The number of carboxylic acids is 1. The lowest BCUT2D eigenvalue weighted by atomic mass is 9.87. The van der Waals surface area contributed by atoms with E-state index in [1.807, 2.05) is 12.1 Å². The fourth-order valence-corrected chi connectivity index (χ4v) is 5.40. The lowest BCUT2D eigenvalue weighted by Gasteiger charge is -2.43. The Balaban J connectivity index is 1.50. The van der Waals surface area contributed by atoms with E-state index < -0.39 is 5.97 Å². The quantitative estimate of drug-likeness (QED) is 0.881. The predicted octanol–water partition coefficient (Wildman–Crippen LogP) is 3.50. The number of likely N-dealkylation sites (tertiary alicyclic amines) is 2. The van der Waals surface area contributed by atoms with Gasteiger partial charge in [-0.3, -0.25) is 9.69 Å². The summed E-state index contributed by atoms with van der Waals surface area (Å²) in [4.78, 5) is 29.3. The Labute approximate surface area is 161 Å². The van der Waals surface area contributed by atoms with E-state index in [9.17, 15) is 9.59 Å². The first-order valence-electron chi connectivity index (χ1n) is 10.5. The molecule has 0 radical (unpaired) electrons. The number of hydrogen-bond donors (Lipinski definition) is 1. The van der Waals surface area contributed by atoms with E-state index in [0.29, 0.717) is 17.4 Å². The maximum Gasteiger partial charge on any atom is 0.335 e. The van der Waals surface area contributed by atoms with Crippen LogP contribution in [0, 0.1) is 0 Å². The number of hydrogen-bond acceptors (Lipinski definition) is 3. The molecule has 0 unspecified atom stereocenters. The van der Waals surface area contributed by atoms with Gasteiger partial charge in [-0.05, 0) is 69.3 Å². The number of carbonyl (C=O) groups excluding carboxylic acids is 1. The van der Waals surface area contributed by atoms with Gasteiger partial charge in [-0.25, -0.2) is 4.79 Å². The zero-order valence-corrected chi connectivity index (χ0v) is 16.0. The molecule has 3 aliphatic rings. The Morgan fingerprint density at radius 3 is 2.22 bits per heavy atom. The summed E-state index contributed by atoms with van der Waals surface area (Å²) in [6.45, 7) is 3.76. The Morgan fingerprint density at radius 2 is 1.59 bits per heavy atom. The first-order chi connectivity index (χ1) is 13.1. The first-order valence-corrected chi connectivity index (χ1v) is 10.5. The topological polar surface area (TPSA) is 60.9 Å². The van der Waals surface area contributed by atoms with Crippen molar-refractivity contribution in [1.29, 1.82) is 0 Å². The van der Waals surface area contributed by atoms with E-state index in [4.69, 9.17) is 5.11 Å². The largest absolute Gasteiger partial charge is 0.478 e. The van der Waals surface area contributed by atoms with E-state index in [-0.39, 0.29) is 5.54 Å². The second kappa shape index (κ2) is 7.63. The first kappa shape index (κ1) is 18.5. The summed E-state index contributed by atoms with van der Waals surface area (Å²) in [5.41, 5.74) is 1.23. The molecule has 1 aromatic carbocycles. The fraction of sp³-hybridized carbons (Fsp3) is 0.636. The molecule has 1 N–H and O–H groups in total. The monoisotopic (exact) mass is 370 g/mol. The molecule has 1 saturated carbocycles. The Morgan fingerprint density at radius 1 is 0.926 bits per heavy atom.